The van der Waals surface area contributed by atoms with E-state index in [1.165, 1.54) is 10.6 Å². The number of halogens is 1. The highest BCUT2D eigenvalue weighted by atomic mass is 35.5. The van der Waals surface area contributed by atoms with Gasteiger partial charge in [-0.2, -0.15) is 0 Å². The molecule has 0 amide bonds. The van der Waals surface area contributed by atoms with E-state index < -0.39 is 0 Å². The Bertz CT molecular complexity index is 490. The van der Waals surface area contributed by atoms with Crippen LogP contribution in [0.4, 0.5) is 0 Å². The van der Waals surface area contributed by atoms with E-state index in [4.69, 9.17) is 11.6 Å². The highest BCUT2D eigenvalue weighted by molar-refractivity contribution is 7.16. The van der Waals surface area contributed by atoms with Gasteiger partial charge in [0.1, 0.15) is 0 Å². The van der Waals surface area contributed by atoms with Crippen LogP contribution in [0.1, 0.15) is 24.4 Å². The molecule has 0 aliphatic carbocycles. The third-order valence-electron chi connectivity index (χ3n) is 2.72. The van der Waals surface area contributed by atoms with Gasteiger partial charge in [-0.15, -0.1) is 11.3 Å². The minimum absolute atomic E-state index is 0.490. The van der Waals surface area contributed by atoms with Crippen LogP contribution < -0.4 is 5.32 Å². The molecule has 0 saturated heterocycles. The van der Waals surface area contributed by atoms with Crippen LogP contribution in [0.15, 0.2) is 24.7 Å². The van der Waals surface area contributed by atoms with Crippen LogP contribution in [0, 0.1) is 0 Å². The van der Waals surface area contributed by atoms with Crippen molar-refractivity contribution in [3.63, 3.8) is 0 Å². The largest absolute Gasteiger partial charge is 0.333 e. The summed E-state index contributed by atoms with van der Waals surface area (Å²) < 4.78 is 3.06. The molecule has 0 atom stereocenters. The fourth-order valence-corrected chi connectivity index (χ4v) is 2.80. The molecular weight excluding hydrogens is 266 g/mol. The molecule has 0 aliphatic heterocycles. The normalized spacial score (nSPS) is 11.3. The van der Waals surface area contributed by atoms with Gasteiger partial charge in [-0.3, -0.25) is 0 Å². The summed E-state index contributed by atoms with van der Waals surface area (Å²) in [5, 5.41) is 3.41. The zero-order valence-corrected chi connectivity index (χ0v) is 12.3. The number of imidazole rings is 1. The molecule has 5 heteroatoms. The molecule has 0 aliphatic rings. The lowest BCUT2D eigenvalue weighted by atomic mass is 10.3. The van der Waals surface area contributed by atoms with Crippen molar-refractivity contribution in [1.82, 2.24) is 14.9 Å². The van der Waals surface area contributed by atoms with Crippen LogP contribution in [0.25, 0.3) is 0 Å². The van der Waals surface area contributed by atoms with Gasteiger partial charge in [0.15, 0.2) is 0 Å². The first-order chi connectivity index (χ1) is 8.65. The second-order valence-electron chi connectivity index (χ2n) is 4.57. The average molecular weight is 284 g/mol. The number of aromatic nitrogens is 2. The zero-order chi connectivity index (χ0) is 13.0. The second-order valence-corrected chi connectivity index (χ2v) is 6.37. The molecule has 0 radical (unpaired) electrons. The summed E-state index contributed by atoms with van der Waals surface area (Å²) in [6.07, 6.45) is 4.83. The van der Waals surface area contributed by atoms with Gasteiger partial charge in [-0.25, -0.2) is 4.98 Å². The summed E-state index contributed by atoms with van der Waals surface area (Å²) in [4.78, 5) is 5.53. The van der Waals surface area contributed by atoms with Crippen molar-refractivity contribution in [2.75, 3.05) is 0 Å². The topological polar surface area (TPSA) is 29.9 Å². The number of nitrogens with one attached hydrogen (secondary N) is 1. The molecule has 2 aromatic heterocycles. The average Bonchev–Trinajstić information content (AvgIpc) is 2.92. The Morgan fingerprint density at radius 1 is 1.44 bits per heavy atom. The highest BCUT2D eigenvalue weighted by Gasteiger charge is 2.04. The number of thiophene rings is 1. The molecular formula is C13H18ClN3S. The third-order valence-corrected chi connectivity index (χ3v) is 4.01. The first-order valence-electron chi connectivity index (χ1n) is 6.12. The quantitative estimate of drug-likeness (QED) is 0.881. The minimum atomic E-state index is 0.490. The van der Waals surface area contributed by atoms with E-state index in [2.05, 4.69) is 34.8 Å². The molecule has 3 nitrogen and oxygen atoms in total. The summed E-state index contributed by atoms with van der Waals surface area (Å²) in [6.45, 7) is 6.11. The lowest BCUT2D eigenvalue weighted by molar-refractivity contribution is 0.555. The predicted octanol–water partition coefficient (Wildman–Crippen LogP) is 3.34. The standard InChI is InChI=1S/C13H18ClN3S/c1-10(2)16-8-11-7-15-9-17(11)6-5-12-3-4-13(14)18-12/h3-4,7,9-10,16H,5-6,8H2,1-2H3. The van der Waals surface area contributed by atoms with Gasteiger partial charge in [-0.1, -0.05) is 25.4 Å². The Morgan fingerprint density at radius 3 is 2.94 bits per heavy atom. The maximum Gasteiger partial charge on any atom is 0.0948 e. The molecule has 2 heterocycles. The Morgan fingerprint density at radius 2 is 2.28 bits per heavy atom. The minimum Gasteiger partial charge on any atom is -0.333 e. The first kappa shape index (κ1) is 13.6. The Labute approximate surface area is 117 Å². The zero-order valence-electron chi connectivity index (χ0n) is 10.7. The van der Waals surface area contributed by atoms with Crippen LogP contribution in [0.5, 0.6) is 0 Å². The van der Waals surface area contributed by atoms with Crippen molar-refractivity contribution in [2.45, 2.75) is 39.4 Å². The second kappa shape index (κ2) is 6.36. The highest BCUT2D eigenvalue weighted by Crippen LogP contribution is 2.22. The summed E-state index contributed by atoms with van der Waals surface area (Å²) in [7, 11) is 0. The van der Waals surface area contributed by atoms with Gasteiger partial charge in [0.2, 0.25) is 0 Å². The Hall–Kier alpha value is -0.840. The first-order valence-corrected chi connectivity index (χ1v) is 7.31. The van der Waals surface area contributed by atoms with Crippen LogP contribution in [0.2, 0.25) is 4.34 Å². The monoisotopic (exact) mass is 283 g/mol. The van der Waals surface area contributed by atoms with E-state index in [1.807, 2.05) is 18.6 Å². The van der Waals surface area contributed by atoms with E-state index in [0.29, 0.717) is 6.04 Å². The van der Waals surface area contributed by atoms with Crippen LogP contribution >= 0.6 is 22.9 Å². The number of hydrogen-bond donors (Lipinski definition) is 1. The molecule has 1 N–H and O–H groups in total. The molecule has 2 aromatic rings. The van der Waals surface area contributed by atoms with Crippen LogP contribution in [-0.2, 0) is 19.5 Å². The molecule has 18 heavy (non-hydrogen) atoms. The number of rotatable bonds is 6. The van der Waals surface area contributed by atoms with E-state index in [0.717, 1.165) is 23.8 Å². The van der Waals surface area contributed by atoms with Crippen molar-refractivity contribution < 1.29 is 0 Å². The number of hydrogen-bond acceptors (Lipinski definition) is 3. The lowest BCUT2D eigenvalue weighted by Crippen LogP contribution is -2.23. The smallest absolute Gasteiger partial charge is 0.0948 e. The maximum absolute atomic E-state index is 5.93. The van der Waals surface area contributed by atoms with Gasteiger partial charge in [0.25, 0.3) is 0 Å². The predicted molar refractivity (Wildman–Crippen MR) is 77.2 cm³/mol. The van der Waals surface area contributed by atoms with Gasteiger partial charge >= 0.3 is 0 Å². The summed E-state index contributed by atoms with van der Waals surface area (Å²) >= 11 is 7.58. The molecule has 0 aromatic carbocycles. The Balaban J connectivity index is 1.91. The third kappa shape index (κ3) is 3.83. The number of aryl methyl sites for hydroxylation is 2. The summed E-state index contributed by atoms with van der Waals surface area (Å²) in [5.41, 5.74) is 1.23. The molecule has 0 saturated carbocycles. The van der Waals surface area contributed by atoms with Gasteiger partial charge in [-0.05, 0) is 18.6 Å². The molecule has 2 rings (SSSR count). The van der Waals surface area contributed by atoms with Crippen molar-refractivity contribution in [3.05, 3.63) is 39.6 Å². The van der Waals surface area contributed by atoms with E-state index >= 15 is 0 Å². The summed E-state index contributed by atoms with van der Waals surface area (Å²) in [6, 6.07) is 4.54. The van der Waals surface area contributed by atoms with Gasteiger partial charge in [0, 0.05) is 30.2 Å². The molecule has 0 spiro atoms. The summed E-state index contributed by atoms with van der Waals surface area (Å²) in [5.74, 6) is 0. The fraction of sp³-hybridized carbons (Fsp3) is 0.462. The SMILES string of the molecule is CC(C)NCc1cncn1CCc1ccc(Cl)s1. The van der Waals surface area contributed by atoms with Crippen molar-refractivity contribution in [2.24, 2.45) is 0 Å². The fourth-order valence-electron chi connectivity index (χ4n) is 1.72. The van der Waals surface area contributed by atoms with Crippen molar-refractivity contribution >= 4 is 22.9 Å². The molecule has 0 bridgehead atoms. The van der Waals surface area contributed by atoms with E-state index in [1.54, 1.807) is 11.3 Å². The van der Waals surface area contributed by atoms with Crippen LogP contribution in [-0.4, -0.2) is 15.6 Å². The van der Waals surface area contributed by atoms with Crippen LogP contribution in [0.3, 0.4) is 0 Å². The van der Waals surface area contributed by atoms with Crippen molar-refractivity contribution in [1.29, 1.82) is 0 Å². The van der Waals surface area contributed by atoms with Gasteiger partial charge < -0.3 is 9.88 Å². The van der Waals surface area contributed by atoms with E-state index in [9.17, 15) is 0 Å². The maximum atomic E-state index is 5.93. The Kier molecular flexibility index (Phi) is 4.80. The molecule has 98 valence electrons. The molecule has 0 fully saturated rings. The lowest BCUT2D eigenvalue weighted by Gasteiger charge is -2.10. The van der Waals surface area contributed by atoms with Gasteiger partial charge in [0.05, 0.1) is 16.4 Å². The molecule has 0 unspecified atom stereocenters. The number of nitrogens with zero attached hydrogens (tertiary/aromatic N) is 2. The van der Waals surface area contributed by atoms with E-state index in [-0.39, 0.29) is 0 Å². The van der Waals surface area contributed by atoms with Crippen molar-refractivity contribution in [3.8, 4) is 0 Å².